The fourth-order valence-corrected chi connectivity index (χ4v) is 0.906. The highest BCUT2D eigenvalue weighted by Crippen LogP contribution is 2.01. The van der Waals surface area contributed by atoms with Crippen LogP contribution in [0.1, 0.15) is 12.8 Å². The number of nitrogens with zero attached hydrogens (tertiary/aromatic N) is 1. The first-order chi connectivity index (χ1) is 5.20. The summed E-state index contributed by atoms with van der Waals surface area (Å²) < 4.78 is 10.1. The Bertz CT molecular complexity index is 82.2. The summed E-state index contributed by atoms with van der Waals surface area (Å²) in [6.07, 6.45) is 2.04. The average Bonchev–Trinajstić information content (AvgIpc) is 1.98. The molecule has 0 saturated heterocycles. The summed E-state index contributed by atoms with van der Waals surface area (Å²) in [6, 6.07) is 0. The molecule has 3 heteroatoms. The van der Waals surface area contributed by atoms with E-state index in [9.17, 15) is 0 Å². The zero-order valence-electron chi connectivity index (χ0n) is 7.96. The van der Waals surface area contributed by atoms with Crippen LogP contribution in [0.25, 0.3) is 0 Å². The molecule has 0 aliphatic rings. The molecule has 11 heavy (non-hydrogen) atoms. The molecule has 0 fully saturated rings. The smallest absolute Gasteiger partial charge is 0.156 e. The first-order valence-electron chi connectivity index (χ1n) is 3.91. The Kier molecular flexibility index (Phi) is 6.51. The van der Waals surface area contributed by atoms with Crippen molar-refractivity contribution in [3.63, 3.8) is 0 Å². The van der Waals surface area contributed by atoms with Crippen LogP contribution >= 0.6 is 0 Å². The molecule has 68 valence electrons. The lowest BCUT2D eigenvalue weighted by atomic mass is 10.3. The molecule has 0 aromatic rings. The van der Waals surface area contributed by atoms with Gasteiger partial charge >= 0.3 is 0 Å². The topological polar surface area (TPSA) is 21.7 Å². The molecule has 0 saturated carbocycles. The minimum atomic E-state index is -0.0325. The van der Waals surface area contributed by atoms with E-state index in [4.69, 9.17) is 9.47 Å². The second-order valence-corrected chi connectivity index (χ2v) is 2.85. The van der Waals surface area contributed by atoms with E-state index in [1.807, 2.05) is 0 Å². The van der Waals surface area contributed by atoms with Gasteiger partial charge in [-0.05, 0) is 33.5 Å². The first-order valence-corrected chi connectivity index (χ1v) is 3.91. The fourth-order valence-electron chi connectivity index (χ4n) is 0.906. The number of hydrogen-bond acceptors (Lipinski definition) is 3. The van der Waals surface area contributed by atoms with Gasteiger partial charge in [-0.2, -0.15) is 0 Å². The van der Waals surface area contributed by atoms with Crippen molar-refractivity contribution in [1.82, 2.24) is 4.90 Å². The Morgan fingerprint density at radius 2 is 1.73 bits per heavy atom. The Morgan fingerprint density at radius 3 is 2.09 bits per heavy atom. The monoisotopic (exact) mass is 161 g/mol. The molecule has 0 aromatic heterocycles. The summed E-state index contributed by atoms with van der Waals surface area (Å²) in [6.45, 7) is 1.09. The minimum absolute atomic E-state index is 0.0325. The number of rotatable bonds is 6. The van der Waals surface area contributed by atoms with Crippen LogP contribution in [0.5, 0.6) is 0 Å². The third-order valence-corrected chi connectivity index (χ3v) is 1.57. The molecule has 0 amide bonds. The summed E-state index contributed by atoms with van der Waals surface area (Å²) in [5.41, 5.74) is 0. The molecule has 0 bridgehead atoms. The van der Waals surface area contributed by atoms with Gasteiger partial charge in [0.25, 0.3) is 0 Å². The summed E-state index contributed by atoms with van der Waals surface area (Å²) in [4.78, 5) is 2.16. The lowest BCUT2D eigenvalue weighted by molar-refractivity contribution is -0.107. The Morgan fingerprint density at radius 1 is 1.18 bits per heavy atom. The second kappa shape index (κ2) is 6.58. The van der Waals surface area contributed by atoms with Crippen molar-refractivity contribution in [2.75, 3.05) is 34.9 Å². The van der Waals surface area contributed by atoms with Crippen molar-refractivity contribution in [2.45, 2.75) is 19.1 Å². The molecule has 0 aromatic carbocycles. The molecule has 0 N–H and O–H groups in total. The maximum atomic E-state index is 5.04. The first kappa shape index (κ1) is 10.9. The van der Waals surface area contributed by atoms with E-state index >= 15 is 0 Å². The molecule has 0 radical (unpaired) electrons. The van der Waals surface area contributed by atoms with Gasteiger partial charge in [-0.1, -0.05) is 0 Å². The van der Waals surface area contributed by atoms with Crippen LogP contribution in [0.2, 0.25) is 0 Å². The van der Waals surface area contributed by atoms with E-state index in [-0.39, 0.29) is 6.29 Å². The minimum Gasteiger partial charge on any atom is -0.356 e. The largest absolute Gasteiger partial charge is 0.356 e. The van der Waals surface area contributed by atoms with Gasteiger partial charge in [0.05, 0.1) is 0 Å². The van der Waals surface area contributed by atoms with Crippen LogP contribution < -0.4 is 0 Å². The Balaban J connectivity index is 3.21. The van der Waals surface area contributed by atoms with Gasteiger partial charge < -0.3 is 14.4 Å². The summed E-state index contributed by atoms with van der Waals surface area (Å²) in [5.74, 6) is 0. The molecule has 0 rings (SSSR count). The summed E-state index contributed by atoms with van der Waals surface area (Å²) >= 11 is 0. The third-order valence-electron chi connectivity index (χ3n) is 1.57. The predicted octanol–water partition coefficient (Wildman–Crippen LogP) is 0.947. The standard InChI is InChI=1S/C8H19NO2/c1-9(2)7-5-6-8(10-3)11-4/h8H,5-7H2,1-4H3. The van der Waals surface area contributed by atoms with E-state index in [1.54, 1.807) is 14.2 Å². The van der Waals surface area contributed by atoms with E-state index < -0.39 is 0 Å². The highest BCUT2D eigenvalue weighted by Gasteiger charge is 2.03. The average molecular weight is 161 g/mol. The van der Waals surface area contributed by atoms with Crippen LogP contribution in [0.4, 0.5) is 0 Å². The van der Waals surface area contributed by atoms with Crippen LogP contribution in [0, 0.1) is 0 Å². The summed E-state index contributed by atoms with van der Waals surface area (Å²) in [5, 5.41) is 0. The maximum Gasteiger partial charge on any atom is 0.156 e. The lowest BCUT2D eigenvalue weighted by Crippen LogP contribution is -2.18. The second-order valence-electron chi connectivity index (χ2n) is 2.85. The number of ether oxygens (including phenoxy) is 2. The van der Waals surface area contributed by atoms with E-state index in [0.717, 1.165) is 19.4 Å². The van der Waals surface area contributed by atoms with Crippen molar-refractivity contribution in [2.24, 2.45) is 0 Å². The molecule has 0 aliphatic heterocycles. The van der Waals surface area contributed by atoms with Crippen molar-refractivity contribution in [3.8, 4) is 0 Å². The van der Waals surface area contributed by atoms with E-state index in [2.05, 4.69) is 19.0 Å². The molecule has 0 unspecified atom stereocenters. The predicted molar refractivity (Wildman–Crippen MR) is 45.6 cm³/mol. The fraction of sp³-hybridized carbons (Fsp3) is 1.00. The molecular weight excluding hydrogens is 142 g/mol. The van der Waals surface area contributed by atoms with Crippen molar-refractivity contribution < 1.29 is 9.47 Å². The van der Waals surface area contributed by atoms with Crippen LogP contribution in [-0.4, -0.2) is 46.0 Å². The Labute approximate surface area is 69.3 Å². The summed E-state index contributed by atoms with van der Waals surface area (Å²) in [7, 11) is 7.47. The van der Waals surface area contributed by atoms with Crippen molar-refractivity contribution >= 4 is 0 Å². The van der Waals surface area contributed by atoms with Gasteiger partial charge in [0.2, 0.25) is 0 Å². The zero-order valence-corrected chi connectivity index (χ0v) is 7.96. The van der Waals surface area contributed by atoms with Crippen LogP contribution in [0.15, 0.2) is 0 Å². The Hall–Kier alpha value is -0.120. The van der Waals surface area contributed by atoms with E-state index in [1.165, 1.54) is 0 Å². The molecule has 0 spiro atoms. The van der Waals surface area contributed by atoms with Gasteiger partial charge in [0, 0.05) is 14.2 Å². The van der Waals surface area contributed by atoms with Gasteiger partial charge in [-0.25, -0.2) is 0 Å². The number of methoxy groups -OCH3 is 2. The lowest BCUT2D eigenvalue weighted by Gasteiger charge is -2.14. The molecule has 0 heterocycles. The van der Waals surface area contributed by atoms with Crippen molar-refractivity contribution in [3.05, 3.63) is 0 Å². The maximum absolute atomic E-state index is 5.04. The van der Waals surface area contributed by atoms with Crippen molar-refractivity contribution in [1.29, 1.82) is 0 Å². The third kappa shape index (κ3) is 6.28. The van der Waals surface area contributed by atoms with Gasteiger partial charge in [0.1, 0.15) is 0 Å². The normalized spacial score (nSPS) is 11.5. The van der Waals surface area contributed by atoms with Gasteiger partial charge in [0.15, 0.2) is 6.29 Å². The zero-order chi connectivity index (χ0) is 8.69. The molecule has 3 nitrogen and oxygen atoms in total. The van der Waals surface area contributed by atoms with Gasteiger partial charge in [-0.15, -0.1) is 0 Å². The van der Waals surface area contributed by atoms with E-state index in [0.29, 0.717) is 0 Å². The molecule has 0 atom stereocenters. The van der Waals surface area contributed by atoms with Crippen LogP contribution in [-0.2, 0) is 9.47 Å². The van der Waals surface area contributed by atoms with Gasteiger partial charge in [-0.3, -0.25) is 0 Å². The molecule has 0 aliphatic carbocycles. The highest BCUT2D eigenvalue weighted by molar-refractivity contribution is 4.48. The van der Waals surface area contributed by atoms with Crippen LogP contribution in [0.3, 0.4) is 0 Å². The molecular formula is C8H19NO2. The quantitative estimate of drug-likeness (QED) is 0.541. The SMILES string of the molecule is COC(CCCN(C)C)OC. The number of hydrogen-bond donors (Lipinski definition) is 0. The highest BCUT2D eigenvalue weighted by atomic mass is 16.7.